The molecular weight excluding hydrogens is 320 g/mol. The SMILES string of the molecule is CC(c1ccccc1)n1nccc1NC(=O)N(C)C1CCSCC1. The van der Waals surface area contributed by atoms with Gasteiger partial charge in [0, 0.05) is 19.2 Å². The molecule has 6 heteroatoms. The molecule has 0 aliphatic carbocycles. The Morgan fingerprint density at radius 3 is 2.71 bits per heavy atom. The third-order valence-corrected chi connectivity index (χ3v) is 5.66. The Kier molecular flexibility index (Phi) is 5.45. The van der Waals surface area contributed by atoms with E-state index in [-0.39, 0.29) is 12.1 Å². The summed E-state index contributed by atoms with van der Waals surface area (Å²) in [5, 5.41) is 7.42. The quantitative estimate of drug-likeness (QED) is 0.916. The number of thioether (sulfide) groups is 1. The van der Waals surface area contributed by atoms with Crippen LogP contribution in [-0.4, -0.2) is 45.3 Å². The topological polar surface area (TPSA) is 50.2 Å². The van der Waals surface area contributed by atoms with Crippen LogP contribution in [0.5, 0.6) is 0 Å². The Hall–Kier alpha value is -1.95. The van der Waals surface area contributed by atoms with Gasteiger partial charge in [-0.2, -0.15) is 16.9 Å². The number of nitrogens with zero attached hydrogens (tertiary/aromatic N) is 3. The van der Waals surface area contributed by atoms with Gasteiger partial charge < -0.3 is 4.90 Å². The summed E-state index contributed by atoms with van der Waals surface area (Å²) >= 11 is 1.96. The number of aromatic nitrogens is 2. The Morgan fingerprint density at radius 2 is 2.00 bits per heavy atom. The van der Waals surface area contributed by atoms with E-state index in [1.165, 1.54) is 0 Å². The number of amides is 2. The van der Waals surface area contributed by atoms with Crippen LogP contribution >= 0.6 is 11.8 Å². The molecule has 1 aromatic carbocycles. The fourth-order valence-electron chi connectivity index (χ4n) is 3.03. The van der Waals surface area contributed by atoms with Crippen molar-refractivity contribution >= 4 is 23.6 Å². The first kappa shape index (κ1) is 16.9. The van der Waals surface area contributed by atoms with Gasteiger partial charge in [-0.15, -0.1) is 0 Å². The van der Waals surface area contributed by atoms with Crippen LogP contribution in [-0.2, 0) is 0 Å². The van der Waals surface area contributed by atoms with E-state index in [1.807, 2.05) is 52.7 Å². The van der Waals surface area contributed by atoms with Gasteiger partial charge in [0.2, 0.25) is 0 Å². The van der Waals surface area contributed by atoms with Crippen LogP contribution in [0.2, 0.25) is 0 Å². The number of anilines is 1. The standard InChI is InChI=1S/C18H24N4OS/c1-14(15-6-4-3-5-7-15)22-17(8-11-19-22)20-18(23)21(2)16-9-12-24-13-10-16/h3-8,11,14,16H,9-10,12-13H2,1-2H3,(H,20,23). The average Bonchev–Trinajstić information content (AvgIpc) is 3.10. The molecule has 2 heterocycles. The first-order valence-corrected chi connectivity index (χ1v) is 9.52. The largest absolute Gasteiger partial charge is 0.325 e. The monoisotopic (exact) mass is 344 g/mol. The van der Waals surface area contributed by atoms with Gasteiger partial charge in [0.15, 0.2) is 0 Å². The van der Waals surface area contributed by atoms with Crippen molar-refractivity contribution < 1.29 is 4.79 Å². The number of hydrogen-bond donors (Lipinski definition) is 1. The molecule has 1 saturated heterocycles. The maximum Gasteiger partial charge on any atom is 0.322 e. The molecule has 1 aliphatic rings. The van der Waals surface area contributed by atoms with Crippen molar-refractivity contribution in [2.45, 2.75) is 31.8 Å². The molecule has 1 aliphatic heterocycles. The van der Waals surface area contributed by atoms with Crippen molar-refractivity contribution in [1.82, 2.24) is 14.7 Å². The summed E-state index contributed by atoms with van der Waals surface area (Å²) in [6.45, 7) is 2.08. The van der Waals surface area contributed by atoms with Crippen LogP contribution in [0.4, 0.5) is 10.6 Å². The number of carbonyl (C=O) groups excluding carboxylic acids is 1. The van der Waals surface area contributed by atoms with E-state index in [1.54, 1.807) is 6.20 Å². The maximum atomic E-state index is 12.6. The second kappa shape index (κ2) is 7.75. The Morgan fingerprint density at radius 1 is 1.29 bits per heavy atom. The van der Waals surface area contributed by atoms with Crippen molar-refractivity contribution in [3.8, 4) is 0 Å². The Balaban J connectivity index is 1.70. The van der Waals surface area contributed by atoms with Gasteiger partial charge in [0.1, 0.15) is 5.82 Å². The zero-order valence-electron chi connectivity index (χ0n) is 14.2. The summed E-state index contributed by atoms with van der Waals surface area (Å²) < 4.78 is 1.86. The Labute approximate surface area is 147 Å². The van der Waals surface area contributed by atoms with Gasteiger partial charge in [-0.1, -0.05) is 30.3 Å². The summed E-state index contributed by atoms with van der Waals surface area (Å²) in [7, 11) is 1.89. The lowest BCUT2D eigenvalue weighted by atomic mass is 10.1. The molecular formula is C18H24N4OS. The minimum absolute atomic E-state index is 0.0612. The summed E-state index contributed by atoms with van der Waals surface area (Å²) in [5.74, 6) is 2.99. The summed E-state index contributed by atoms with van der Waals surface area (Å²) in [4.78, 5) is 14.4. The minimum atomic E-state index is -0.0612. The van der Waals surface area contributed by atoms with Crippen molar-refractivity contribution in [3.63, 3.8) is 0 Å². The van der Waals surface area contributed by atoms with E-state index < -0.39 is 0 Å². The van der Waals surface area contributed by atoms with E-state index in [9.17, 15) is 4.79 Å². The van der Waals surface area contributed by atoms with Crippen LogP contribution < -0.4 is 5.32 Å². The first-order chi connectivity index (χ1) is 11.7. The molecule has 2 aromatic rings. The predicted octanol–water partition coefficient (Wildman–Crippen LogP) is 3.85. The third-order valence-electron chi connectivity index (χ3n) is 4.61. The zero-order chi connectivity index (χ0) is 16.9. The van der Waals surface area contributed by atoms with Crippen LogP contribution in [0.3, 0.4) is 0 Å². The Bertz CT molecular complexity index is 667. The lowest BCUT2D eigenvalue weighted by molar-refractivity contribution is 0.200. The zero-order valence-corrected chi connectivity index (χ0v) is 15.0. The van der Waals surface area contributed by atoms with Crippen LogP contribution in [0.25, 0.3) is 0 Å². The number of hydrogen-bond acceptors (Lipinski definition) is 3. The average molecular weight is 344 g/mol. The highest BCUT2D eigenvalue weighted by molar-refractivity contribution is 7.99. The van der Waals surface area contributed by atoms with Gasteiger partial charge in [-0.05, 0) is 36.8 Å². The molecule has 1 N–H and O–H groups in total. The lowest BCUT2D eigenvalue weighted by Crippen LogP contribution is -2.42. The molecule has 2 amide bonds. The maximum absolute atomic E-state index is 12.6. The van der Waals surface area contributed by atoms with E-state index in [4.69, 9.17) is 0 Å². The molecule has 128 valence electrons. The molecule has 0 bridgehead atoms. The predicted molar refractivity (Wildman–Crippen MR) is 99.6 cm³/mol. The number of urea groups is 1. The van der Waals surface area contributed by atoms with Gasteiger partial charge in [-0.25, -0.2) is 9.48 Å². The molecule has 0 spiro atoms. The molecule has 24 heavy (non-hydrogen) atoms. The summed E-state index contributed by atoms with van der Waals surface area (Å²) in [5.41, 5.74) is 1.16. The smallest absolute Gasteiger partial charge is 0.322 e. The molecule has 3 rings (SSSR count). The number of nitrogens with one attached hydrogen (secondary N) is 1. The van der Waals surface area contributed by atoms with Gasteiger partial charge in [-0.3, -0.25) is 5.32 Å². The highest BCUT2D eigenvalue weighted by atomic mass is 32.2. The van der Waals surface area contributed by atoms with Crippen LogP contribution in [0, 0.1) is 0 Å². The van der Waals surface area contributed by atoms with Gasteiger partial charge >= 0.3 is 6.03 Å². The fraction of sp³-hybridized carbons (Fsp3) is 0.444. The molecule has 1 fully saturated rings. The molecule has 1 atom stereocenters. The number of rotatable bonds is 4. The van der Waals surface area contributed by atoms with E-state index in [0.29, 0.717) is 6.04 Å². The van der Waals surface area contributed by atoms with Crippen molar-refractivity contribution in [3.05, 3.63) is 48.2 Å². The second-order valence-corrected chi connectivity index (χ2v) is 7.36. The normalized spacial score (nSPS) is 16.6. The van der Waals surface area contributed by atoms with Crippen molar-refractivity contribution in [2.24, 2.45) is 0 Å². The van der Waals surface area contributed by atoms with Crippen LogP contribution in [0.15, 0.2) is 42.6 Å². The lowest BCUT2D eigenvalue weighted by Gasteiger charge is -2.31. The second-order valence-electron chi connectivity index (χ2n) is 6.13. The highest BCUT2D eigenvalue weighted by Gasteiger charge is 2.23. The van der Waals surface area contributed by atoms with Crippen molar-refractivity contribution in [1.29, 1.82) is 0 Å². The number of benzene rings is 1. The van der Waals surface area contributed by atoms with Gasteiger partial charge in [0.05, 0.1) is 12.2 Å². The molecule has 1 unspecified atom stereocenters. The van der Waals surface area contributed by atoms with Crippen molar-refractivity contribution in [2.75, 3.05) is 23.9 Å². The highest BCUT2D eigenvalue weighted by Crippen LogP contribution is 2.23. The van der Waals surface area contributed by atoms with E-state index in [2.05, 4.69) is 29.5 Å². The number of carbonyl (C=O) groups is 1. The molecule has 1 aromatic heterocycles. The fourth-order valence-corrected chi connectivity index (χ4v) is 4.11. The molecule has 0 saturated carbocycles. The summed E-state index contributed by atoms with van der Waals surface area (Å²) in [6.07, 6.45) is 3.86. The van der Waals surface area contributed by atoms with E-state index >= 15 is 0 Å². The van der Waals surface area contributed by atoms with E-state index in [0.717, 1.165) is 35.7 Å². The minimum Gasteiger partial charge on any atom is -0.325 e. The van der Waals surface area contributed by atoms with Crippen LogP contribution in [0.1, 0.15) is 31.4 Å². The first-order valence-electron chi connectivity index (χ1n) is 8.37. The molecule has 0 radical (unpaired) electrons. The molecule has 5 nitrogen and oxygen atoms in total. The summed E-state index contributed by atoms with van der Waals surface area (Å²) in [6, 6.07) is 12.4. The van der Waals surface area contributed by atoms with Gasteiger partial charge in [0.25, 0.3) is 0 Å². The third kappa shape index (κ3) is 3.75.